The van der Waals surface area contributed by atoms with Crippen molar-refractivity contribution in [3.63, 3.8) is 0 Å². The minimum absolute atomic E-state index is 0.00555. The Labute approximate surface area is 151 Å². The van der Waals surface area contributed by atoms with E-state index in [9.17, 15) is 14.4 Å². The molecule has 0 saturated heterocycles. The molecule has 0 spiro atoms. The van der Waals surface area contributed by atoms with E-state index in [2.05, 4.69) is 15.6 Å². The zero-order valence-corrected chi connectivity index (χ0v) is 14.6. The van der Waals surface area contributed by atoms with Gasteiger partial charge in [0, 0.05) is 23.1 Å². The molecule has 0 aliphatic heterocycles. The molecule has 2 aromatic rings. The Bertz CT molecular complexity index is 861. The molecule has 2 atom stereocenters. The first-order valence-corrected chi connectivity index (χ1v) is 8.98. The van der Waals surface area contributed by atoms with Crippen molar-refractivity contribution in [2.75, 3.05) is 13.1 Å². The van der Waals surface area contributed by atoms with Crippen molar-refractivity contribution in [3.05, 3.63) is 46.2 Å². The van der Waals surface area contributed by atoms with Crippen molar-refractivity contribution in [1.82, 2.24) is 15.6 Å². The van der Waals surface area contributed by atoms with E-state index in [-0.39, 0.29) is 35.4 Å². The van der Waals surface area contributed by atoms with Crippen molar-refractivity contribution < 1.29 is 9.59 Å². The molecule has 1 aliphatic carbocycles. The Morgan fingerprint density at radius 2 is 1.96 bits per heavy atom. The third kappa shape index (κ3) is 3.94. The summed E-state index contributed by atoms with van der Waals surface area (Å²) >= 11 is 0. The van der Waals surface area contributed by atoms with Crippen molar-refractivity contribution in [2.45, 2.75) is 31.7 Å². The van der Waals surface area contributed by atoms with Gasteiger partial charge in [-0.2, -0.15) is 0 Å². The molecule has 1 aliphatic rings. The normalized spacial score (nSPS) is 19.9. The highest BCUT2D eigenvalue weighted by atomic mass is 16.2. The molecule has 1 aromatic heterocycles. The van der Waals surface area contributed by atoms with Crippen molar-refractivity contribution in [1.29, 1.82) is 0 Å². The number of rotatable bonds is 5. The SMILES string of the molecule is NCC1CCCCC1NC(=O)CNC(=O)c1c[nH]c2ccccc2c1=O. The largest absolute Gasteiger partial charge is 0.360 e. The molecule has 1 saturated carbocycles. The van der Waals surface area contributed by atoms with E-state index in [1.54, 1.807) is 18.2 Å². The third-order valence-electron chi connectivity index (χ3n) is 5.00. The number of carbonyl (C=O) groups is 2. The smallest absolute Gasteiger partial charge is 0.257 e. The molecule has 0 bridgehead atoms. The first-order valence-electron chi connectivity index (χ1n) is 8.98. The number of fused-ring (bicyclic) bond motifs is 1. The van der Waals surface area contributed by atoms with Crippen LogP contribution in [0, 0.1) is 5.92 Å². The summed E-state index contributed by atoms with van der Waals surface area (Å²) in [6, 6.07) is 7.03. The number of aromatic amines is 1. The van der Waals surface area contributed by atoms with Crippen LogP contribution in [0.1, 0.15) is 36.0 Å². The fourth-order valence-corrected chi connectivity index (χ4v) is 3.53. The number of nitrogens with one attached hydrogen (secondary N) is 3. The highest BCUT2D eigenvalue weighted by Gasteiger charge is 2.25. The van der Waals surface area contributed by atoms with Crippen LogP contribution in [0.2, 0.25) is 0 Å². The lowest BCUT2D eigenvalue weighted by Crippen LogP contribution is -2.48. The summed E-state index contributed by atoms with van der Waals surface area (Å²) in [5, 5.41) is 5.92. The number of hydrogen-bond acceptors (Lipinski definition) is 4. The lowest BCUT2D eigenvalue weighted by molar-refractivity contribution is -0.121. The second-order valence-electron chi connectivity index (χ2n) is 6.71. The number of amides is 2. The maximum atomic E-state index is 12.4. The third-order valence-corrected chi connectivity index (χ3v) is 5.00. The van der Waals surface area contributed by atoms with Gasteiger partial charge in [-0.25, -0.2) is 0 Å². The number of hydrogen-bond donors (Lipinski definition) is 4. The minimum atomic E-state index is -0.564. The average molecular weight is 356 g/mol. The van der Waals surface area contributed by atoms with Gasteiger partial charge >= 0.3 is 0 Å². The highest BCUT2D eigenvalue weighted by molar-refractivity contribution is 5.98. The molecular formula is C19H24N4O3. The van der Waals surface area contributed by atoms with Gasteiger partial charge in [0.25, 0.3) is 5.91 Å². The number of benzene rings is 1. The molecule has 3 rings (SSSR count). The Kier molecular flexibility index (Phi) is 5.68. The molecule has 7 nitrogen and oxygen atoms in total. The van der Waals surface area contributed by atoms with Crippen molar-refractivity contribution in [2.24, 2.45) is 11.7 Å². The predicted octanol–water partition coefficient (Wildman–Crippen LogP) is 0.892. The van der Waals surface area contributed by atoms with Crippen LogP contribution in [0.15, 0.2) is 35.3 Å². The number of H-pyrrole nitrogens is 1. The van der Waals surface area contributed by atoms with Crippen LogP contribution in [0.25, 0.3) is 10.9 Å². The molecule has 138 valence electrons. The van der Waals surface area contributed by atoms with Gasteiger partial charge in [0.2, 0.25) is 11.3 Å². The van der Waals surface area contributed by atoms with Gasteiger partial charge in [-0.3, -0.25) is 14.4 Å². The second kappa shape index (κ2) is 8.14. The molecule has 2 amide bonds. The lowest BCUT2D eigenvalue weighted by Gasteiger charge is -2.31. The molecule has 1 aromatic carbocycles. The summed E-state index contributed by atoms with van der Waals surface area (Å²) in [6.45, 7) is 0.378. The zero-order chi connectivity index (χ0) is 18.5. The van der Waals surface area contributed by atoms with Crippen LogP contribution in [0.5, 0.6) is 0 Å². The van der Waals surface area contributed by atoms with E-state index in [0.717, 1.165) is 25.7 Å². The van der Waals surface area contributed by atoms with Crippen molar-refractivity contribution >= 4 is 22.7 Å². The molecule has 5 N–H and O–H groups in total. The van der Waals surface area contributed by atoms with Crippen LogP contribution in [0.4, 0.5) is 0 Å². The van der Waals surface area contributed by atoms with Gasteiger partial charge in [-0.15, -0.1) is 0 Å². The standard InChI is InChI=1S/C19H24N4O3/c20-9-12-5-1-3-7-15(12)23-17(24)11-22-19(26)14-10-21-16-8-4-2-6-13(16)18(14)25/h2,4,6,8,10,12,15H,1,3,5,7,9,11,20H2,(H,21,25)(H,22,26)(H,23,24). The monoisotopic (exact) mass is 356 g/mol. The number of pyridine rings is 1. The van der Waals surface area contributed by atoms with Crippen LogP contribution in [0.3, 0.4) is 0 Å². The molecule has 1 heterocycles. The van der Waals surface area contributed by atoms with Crippen LogP contribution < -0.4 is 21.8 Å². The van der Waals surface area contributed by atoms with Gasteiger partial charge in [0.1, 0.15) is 5.56 Å². The quantitative estimate of drug-likeness (QED) is 0.636. The highest BCUT2D eigenvalue weighted by Crippen LogP contribution is 2.23. The summed E-state index contributed by atoms with van der Waals surface area (Å²) in [7, 11) is 0. The fourth-order valence-electron chi connectivity index (χ4n) is 3.53. The Morgan fingerprint density at radius 3 is 2.77 bits per heavy atom. The topological polar surface area (TPSA) is 117 Å². The number of nitrogens with two attached hydrogens (primary N) is 1. The van der Waals surface area contributed by atoms with Crippen LogP contribution in [-0.2, 0) is 4.79 Å². The average Bonchev–Trinajstić information content (AvgIpc) is 2.67. The van der Waals surface area contributed by atoms with Gasteiger partial charge in [0.15, 0.2) is 0 Å². The molecule has 0 radical (unpaired) electrons. The molecule has 26 heavy (non-hydrogen) atoms. The Balaban J connectivity index is 1.61. The maximum absolute atomic E-state index is 12.4. The summed E-state index contributed by atoms with van der Waals surface area (Å²) in [6.07, 6.45) is 5.51. The first-order chi connectivity index (χ1) is 12.6. The summed E-state index contributed by atoms with van der Waals surface area (Å²) in [5.41, 5.74) is 6.07. The van der Waals surface area contributed by atoms with E-state index < -0.39 is 5.91 Å². The minimum Gasteiger partial charge on any atom is -0.360 e. The van der Waals surface area contributed by atoms with Gasteiger partial charge in [-0.05, 0) is 37.4 Å². The second-order valence-corrected chi connectivity index (χ2v) is 6.71. The summed E-state index contributed by atoms with van der Waals surface area (Å²) in [4.78, 5) is 39.8. The Morgan fingerprint density at radius 1 is 1.19 bits per heavy atom. The van der Waals surface area contributed by atoms with E-state index in [1.807, 2.05) is 6.07 Å². The van der Waals surface area contributed by atoms with E-state index >= 15 is 0 Å². The molecule has 7 heteroatoms. The summed E-state index contributed by atoms with van der Waals surface area (Å²) < 4.78 is 0. The fraction of sp³-hybridized carbons (Fsp3) is 0.421. The summed E-state index contributed by atoms with van der Waals surface area (Å²) in [5.74, 6) is -0.543. The number of carbonyl (C=O) groups excluding carboxylic acids is 2. The van der Waals surface area contributed by atoms with Gasteiger partial charge in [0.05, 0.1) is 6.54 Å². The van der Waals surface area contributed by atoms with Crippen LogP contribution >= 0.6 is 0 Å². The number of para-hydroxylation sites is 1. The lowest BCUT2D eigenvalue weighted by atomic mass is 9.84. The first kappa shape index (κ1) is 18.1. The van der Waals surface area contributed by atoms with E-state index in [4.69, 9.17) is 5.73 Å². The van der Waals surface area contributed by atoms with E-state index in [1.165, 1.54) is 6.20 Å². The van der Waals surface area contributed by atoms with Gasteiger partial charge in [-0.1, -0.05) is 25.0 Å². The predicted molar refractivity (Wildman–Crippen MR) is 99.8 cm³/mol. The van der Waals surface area contributed by atoms with Gasteiger partial charge < -0.3 is 21.4 Å². The van der Waals surface area contributed by atoms with Crippen molar-refractivity contribution in [3.8, 4) is 0 Å². The zero-order valence-electron chi connectivity index (χ0n) is 14.6. The maximum Gasteiger partial charge on any atom is 0.257 e. The molecular weight excluding hydrogens is 332 g/mol. The number of aromatic nitrogens is 1. The molecule has 1 fully saturated rings. The van der Waals surface area contributed by atoms with Crippen LogP contribution in [-0.4, -0.2) is 35.9 Å². The van der Waals surface area contributed by atoms with E-state index in [0.29, 0.717) is 17.4 Å². The Hall–Kier alpha value is -2.67. The molecule has 2 unspecified atom stereocenters.